The zero-order valence-corrected chi connectivity index (χ0v) is 11.6. The molecule has 0 spiro atoms. The van der Waals surface area contributed by atoms with Crippen LogP contribution >= 0.6 is 0 Å². The lowest BCUT2D eigenvalue weighted by Gasteiger charge is -2.37. The Labute approximate surface area is 110 Å². The van der Waals surface area contributed by atoms with E-state index in [1.807, 2.05) is 6.07 Å². The molecule has 98 valence electrons. The predicted molar refractivity (Wildman–Crippen MR) is 75.3 cm³/mol. The van der Waals surface area contributed by atoms with Gasteiger partial charge in [0, 0.05) is 19.6 Å². The Bertz CT molecular complexity index is 432. The zero-order chi connectivity index (χ0) is 13.4. The molecular weight excluding hydrogens is 222 g/mol. The van der Waals surface area contributed by atoms with Gasteiger partial charge >= 0.3 is 0 Å². The molecule has 1 aliphatic rings. The number of likely N-dealkylation sites (tertiary alicyclic amines) is 1. The molecule has 0 amide bonds. The summed E-state index contributed by atoms with van der Waals surface area (Å²) in [5, 5.41) is 10.8. The molecule has 1 fully saturated rings. The highest BCUT2D eigenvalue weighted by atomic mass is 16.3. The van der Waals surface area contributed by atoms with Crippen molar-refractivity contribution in [3.63, 3.8) is 0 Å². The van der Waals surface area contributed by atoms with E-state index in [2.05, 4.69) is 56.5 Å². The summed E-state index contributed by atoms with van der Waals surface area (Å²) in [6.45, 7) is 12.6. The maximum absolute atomic E-state index is 10.8. The SMILES string of the molecule is C=C1CN(Cc2ccccc2)CC1(O)C(C)(C)C. The van der Waals surface area contributed by atoms with Crippen molar-refractivity contribution in [1.82, 2.24) is 4.90 Å². The van der Waals surface area contributed by atoms with Crippen LogP contribution in [0.2, 0.25) is 0 Å². The molecule has 1 saturated heterocycles. The molecule has 2 nitrogen and oxygen atoms in total. The molecular formula is C16H23NO. The van der Waals surface area contributed by atoms with E-state index >= 15 is 0 Å². The van der Waals surface area contributed by atoms with Crippen molar-refractivity contribution >= 4 is 0 Å². The van der Waals surface area contributed by atoms with Crippen LogP contribution in [-0.2, 0) is 6.54 Å². The Hall–Kier alpha value is -1.12. The minimum Gasteiger partial charge on any atom is -0.384 e. The van der Waals surface area contributed by atoms with Gasteiger partial charge in [0.05, 0.1) is 0 Å². The van der Waals surface area contributed by atoms with E-state index in [1.54, 1.807) is 0 Å². The van der Waals surface area contributed by atoms with Gasteiger partial charge in [-0.3, -0.25) is 4.90 Å². The van der Waals surface area contributed by atoms with Gasteiger partial charge < -0.3 is 5.11 Å². The molecule has 2 heteroatoms. The number of β-amino-alcohol motifs (C(OH)–C–C–N with tert-alkyl or cyclic N) is 1. The highest BCUT2D eigenvalue weighted by Gasteiger charge is 2.47. The van der Waals surface area contributed by atoms with Gasteiger partial charge in [0.25, 0.3) is 0 Å². The Morgan fingerprint density at radius 2 is 1.89 bits per heavy atom. The minimum atomic E-state index is -0.776. The molecule has 1 heterocycles. The van der Waals surface area contributed by atoms with Crippen LogP contribution in [0.1, 0.15) is 26.3 Å². The third kappa shape index (κ3) is 2.36. The summed E-state index contributed by atoms with van der Waals surface area (Å²) < 4.78 is 0. The van der Waals surface area contributed by atoms with E-state index < -0.39 is 5.60 Å². The molecule has 2 rings (SSSR count). The predicted octanol–water partition coefficient (Wildman–Crippen LogP) is 2.84. The lowest BCUT2D eigenvalue weighted by molar-refractivity contribution is -0.0209. The molecule has 1 aliphatic heterocycles. The van der Waals surface area contributed by atoms with Crippen LogP contribution in [0.5, 0.6) is 0 Å². The Kier molecular flexibility index (Phi) is 3.35. The van der Waals surface area contributed by atoms with E-state index in [0.29, 0.717) is 6.54 Å². The molecule has 1 unspecified atom stereocenters. The van der Waals surface area contributed by atoms with E-state index in [4.69, 9.17) is 0 Å². The second-order valence-corrected chi connectivity index (χ2v) is 6.34. The van der Waals surface area contributed by atoms with Crippen molar-refractivity contribution in [2.45, 2.75) is 32.9 Å². The first-order chi connectivity index (χ1) is 8.33. The van der Waals surface area contributed by atoms with Crippen molar-refractivity contribution in [2.24, 2.45) is 5.41 Å². The number of hydrogen-bond donors (Lipinski definition) is 1. The van der Waals surface area contributed by atoms with Crippen LogP contribution in [-0.4, -0.2) is 28.7 Å². The second-order valence-electron chi connectivity index (χ2n) is 6.34. The highest BCUT2D eigenvalue weighted by molar-refractivity contribution is 5.26. The van der Waals surface area contributed by atoms with Gasteiger partial charge in [-0.1, -0.05) is 57.7 Å². The van der Waals surface area contributed by atoms with E-state index in [0.717, 1.165) is 18.7 Å². The molecule has 0 saturated carbocycles. The van der Waals surface area contributed by atoms with Crippen LogP contribution in [0.3, 0.4) is 0 Å². The molecule has 0 aromatic heterocycles. The second kappa shape index (κ2) is 4.52. The van der Waals surface area contributed by atoms with E-state index in [9.17, 15) is 5.11 Å². The summed E-state index contributed by atoms with van der Waals surface area (Å²) >= 11 is 0. The van der Waals surface area contributed by atoms with Crippen molar-refractivity contribution in [2.75, 3.05) is 13.1 Å². The van der Waals surface area contributed by atoms with Crippen molar-refractivity contribution in [3.8, 4) is 0 Å². The van der Waals surface area contributed by atoms with Crippen molar-refractivity contribution in [1.29, 1.82) is 0 Å². The van der Waals surface area contributed by atoms with Crippen LogP contribution in [0.25, 0.3) is 0 Å². The van der Waals surface area contributed by atoms with Crippen LogP contribution in [0.15, 0.2) is 42.5 Å². The molecule has 1 atom stereocenters. The number of nitrogens with zero attached hydrogens (tertiary/aromatic N) is 1. The van der Waals surface area contributed by atoms with Crippen molar-refractivity contribution in [3.05, 3.63) is 48.0 Å². The lowest BCUT2D eigenvalue weighted by Crippen LogP contribution is -2.46. The number of rotatable bonds is 2. The van der Waals surface area contributed by atoms with Gasteiger partial charge in [0.1, 0.15) is 5.60 Å². The Balaban J connectivity index is 2.10. The third-order valence-corrected chi connectivity index (χ3v) is 3.94. The highest BCUT2D eigenvalue weighted by Crippen LogP contribution is 2.41. The minimum absolute atomic E-state index is 0.171. The molecule has 0 aliphatic carbocycles. The molecule has 1 aromatic rings. The number of benzene rings is 1. The standard InChI is InChI=1S/C16H23NO/c1-13-10-17(11-14-8-6-5-7-9-14)12-16(13,18)15(2,3)4/h5-9,18H,1,10-12H2,2-4H3. The first-order valence-electron chi connectivity index (χ1n) is 6.50. The van der Waals surface area contributed by atoms with Crippen LogP contribution < -0.4 is 0 Å². The Morgan fingerprint density at radius 1 is 1.28 bits per heavy atom. The van der Waals surface area contributed by atoms with Gasteiger partial charge in [-0.15, -0.1) is 0 Å². The largest absolute Gasteiger partial charge is 0.384 e. The average Bonchev–Trinajstić information content (AvgIpc) is 2.56. The number of hydrogen-bond acceptors (Lipinski definition) is 2. The Morgan fingerprint density at radius 3 is 2.39 bits per heavy atom. The molecule has 1 aromatic carbocycles. The summed E-state index contributed by atoms with van der Waals surface area (Å²) in [7, 11) is 0. The fourth-order valence-corrected chi connectivity index (χ4v) is 2.61. The molecule has 0 radical (unpaired) electrons. The maximum Gasteiger partial charge on any atom is 0.104 e. The van der Waals surface area contributed by atoms with Crippen LogP contribution in [0, 0.1) is 5.41 Å². The summed E-state index contributed by atoms with van der Waals surface area (Å²) in [6.07, 6.45) is 0. The van der Waals surface area contributed by atoms with Gasteiger partial charge in [0.2, 0.25) is 0 Å². The first-order valence-corrected chi connectivity index (χ1v) is 6.50. The summed E-state index contributed by atoms with van der Waals surface area (Å²) in [4.78, 5) is 2.27. The van der Waals surface area contributed by atoms with E-state index in [-0.39, 0.29) is 5.41 Å². The normalized spacial score (nSPS) is 25.7. The number of aliphatic hydroxyl groups is 1. The van der Waals surface area contributed by atoms with Gasteiger partial charge in [-0.05, 0) is 16.6 Å². The lowest BCUT2D eigenvalue weighted by atomic mass is 9.74. The zero-order valence-electron chi connectivity index (χ0n) is 11.6. The summed E-state index contributed by atoms with van der Waals surface area (Å²) in [6, 6.07) is 10.4. The van der Waals surface area contributed by atoms with Gasteiger partial charge in [-0.25, -0.2) is 0 Å². The van der Waals surface area contributed by atoms with Gasteiger partial charge in [-0.2, -0.15) is 0 Å². The topological polar surface area (TPSA) is 23.5 Å². The first kappa shape index (κ1) is 13.3. The maximum atomic E-state index is 10.8. The summed E-state index contributed by atoms with van der Waals surface area (Å²) in [5.41, 5.74) is 1.27. The van der Waals surface area contributed by atoms with Gasteiger partial charge in [0.15, 0.2) is 0 Å². The molecule has 0 bridgehead atoms. The monoisotopic (exact) mass is 245 g/mol. The molecule has 1 N–H and O–H groups in total. The fourth-order valence-electron chi connectivity index (χ4n) is 2.61. The fraction of sp³-hybridized carbons (Fsp3) is 0.500. The summed E-state index contributed by atoms with van der Waals surface area (Å²) in [5.74, 6) is 0. The van der Waals surface area contributed by atoms with Crippen molar-refractivity contribution < 1.29 is 5.11 Å². The smallest absolute Gasteiger partial charge is 0.104 e. The molecule has 18 heavy (non-hydrogen) atoms. The quantitative estimate of drug-likeness (QED) is 0.810. The average molecular weight is 245 g/mol. The van der Waals surface area contributed by atoms with Crippen LogP contribution in [0.4, 0.5) is 0 Å². The third-order valence-electron chi connectivity index (χ3n) is 3.94. The van der Waals surface area contributed by atoms with E-state index in [1.165, 1.54) is 5.56 Å².